The molecular weight excluding hydrogens is 242 g/mol. The molecule has 0 bridgehead atoms. The molecule has 0 aliphatic rings. The maximum absolute atomic E-state index is 11.0. The van der Waals surface area contributed by atoms with E-state index in [2.05, 4.69) is 15.3 Å². The molecule has 2 N–H and O–H groups in total. The Labute approximate surface area is 111 Å². The normalized spacial score (nSPS) is 11.5. The average Bonchev–Trinajstić information content (AvgIpc) is 2.38. The number of benzene rings is 1. The van der Waals surface area contributed by atoms with Gasteiger partial charge < -0.3 is 10.4 Å². The quantitative estimate of drug-likeness (QED) is 0.863. The highest BCUT2D eigenvalue weighted by Crippen LogP contribution is 2.22. The number of fused-ring (bicyclic) bond motifs is 1. The van der Waals surface area contributed by atoms with E-state index in [1.165, 1.54) is 6.33 Å². The molecule has 2 aromatic rings. The fourth-order valence-electron chi connectivity index (χ4n) is 1.75. The van der Waals surface area contributed by atoms with Crippen LogP contribution >= 0.6 is 0 Å². The third-order valence-corrected chi connectivity index (χ3v) is 3.16. The number of carboxylic acid groups (broad SMARTS) is 1. The third-order valence-electron chi connectivity index (χ3n) is 3.16. The summed E-state index contributed by atoms with van der Waals surface area (Å²) < 4.78 is 0. The molecule has 0 unspecified atom stereocenters. The van der Waals surface area contributed by atoms with Gasteiger partial charge in [0.2, 0.25) is 0 Å². The van der Waals surface area contributed by atoms with E-state index in [4.69, 9.17) is 5.11 Å². The number of rotatable bonds is 5. The standard InChI is InChI=1S/C14H17N3O2/c1-14(2,13(18)19)7-8-15-12-10-5-3-4-6-11(10)16-9-17-12/h3-6,9H,7-8H2,1-2H3,(H,18,19)(H,15,16,17). The number of carbonyl (C=O) groups is 1. The number of nitrogens with one attached hydrogen (secondary N) is 1. The number of anilines is 1. The van der Waals surface area contributed by atoms with Crippen LogP contribution in [0.1, 0.15) is 20.3 Å². The molecule has 0 radical (unpaired) electrons. The molecule has 1 aromatic heterocycles. The summed E-state index contributed by atoms with van der Waals surface area (Å²) in [5.74, 6) is -0.0476. The van der Waals surface area contributed by atoms with Gasteiger partial charge in [0.25, 0.3) is 0 Å². The first kappa shape index (κ1) is 13.3. The largest absolute Gasteiger partial charge is 0.481 e. The average molecular weight is 259 g/mol. The van der Waals surface area contributed by atoms with E-state index in [1.807, 2.05) is 24.3 Å². The molecule has 0 saturated heterocycles. The second-order valence-corrected chi connectivity index (χ2v) is 5.11. The zero-order chi connectivity index (χ0) is 13.9. The predicted molar refractivity (Wildman–Crippen MR) is 74.1 cm³/mol. The maximum Gasteiger partial charge on any atom is 0.309 e. The van der Waals surface area contributed by atoms with Crippen LogP contribution in [0.4, 0.5) is 5.82 Å². The van der Waals surface area contributed by atoms with Crippen molar-refractivity contribution in [3.8, 4) is 0 Å². The van der Waals surface area contributed by atoms with Crippen LogP contribution in [0.25, 0.3) is 10.9 Å². The van der Waals surface area contributed by atoms with Gasteiger partial charge in [-0.2, -0.15) is 0 Å². The van der Waals surface area contributed by atoms with Gasteiger partial charge in [0, 0.05) is 11.9 Å². The summed E-state index contributed by atoms with van der Waals surface area (Å²) in [5.41, 5.74) is 0.132. The summed E-state index contributed by atoms with van der Waals surface area (Å²) in [6.45, 7) is 3.99. The van der Waals surface area contributed by atoms with Crippen LogP contribution in [-0.4, -0.2) is 27.6 Å². The molecule has 5 nitrogen and oxygen atoms in total. The number of nitrogens with zero attached hydrogens (tertiary/aromatic N) is 2. The monoisotopic (exact) mass is 259 g/mol. The van der Waals surface area contributed by atoms with Crippen molar-refractivity contribution < 1.29 is 9.90 Å². The fourth-order valence-corrected chi connectivity index (χ4v) is 1.75. The number of carboxylic acids is 1. The Morgan fingerprint density at radius 3 is 2.79 bits per heavy atom. The Bertz CT molecular complexity index is 591. The van der Waals surface area contributed by atoms with Crippen LogP contribution in [0.2, 0.25) is 0 Å². The Balaban J connectivity index is 2.09. The van der Waals surface area contributed by atoms with Crippen molar-refractivity contribution in [2.45, 2.75) is 20.3 Å². The zero-order valence-corrected chi connectivity index (χ0v) is 11.1. The van der Waals surface area contributed by atoms with E-state index in [1.54, 1.807) is 13.8 Å². The topological polar surface area (TPSA) is 75.1 Å². The Morgan fingerprint density at radius 2 is 2.05 bits per heavy atom. The molecule has 0 aliphatic heterocycles. The Kier molecular flexibility index (Phi) is 3.64. The van der Waals surface area contributed by atoms with E-state index >= 15 is 0 Å². The van der Waals surface area contributed by atoms with Gasteiger partial charge in [-0.25, -0.2) is 9.97 Å². The molecule has 0 atom stereocenters. The Hall–Kier alpha value is -2.17. The van der Waals surface area contributed by atoms with Crippen molar-refractivity contribution in [3.05, 3.63) is 30.6 Å². The molecule has 1 heterocycles. The molecule has 5 heteroatoms. The molecule has 0 fully saturated rings. The third kappa shape index (κ3) is 2.99. The summed E-state index contributed by atoms with van der Waals surface area (Å²) in [7, 11) is 0. The number of aromatic nitrogens is 2. The maximum atomic E-state index is 11.0. The van der Waals surface area contributed by atoms with E-state index in [-0.39, 0.29) is 0 Å². The number of para-hydroxylation sites is 1. The summed E-state index contributed by atoms with van der Waals surface area (Å²) >= 11 is 0. The summed E-state index contributed by atoms with van der Waals surface area (Å²) in [6.07, 6.45) is 2.04. The molecule has 0 spiro atoms. The van der Waals surface area contributed by atoms with Gasteiger partial charge >= 0.3 is 5.97 Å². The highest BCUT2D eigenvalue weighted by Gasteiger charge is 2.26. The lowest BCUT2D eigenvalue weighted by Crippen LogP contribution is -2.26. The lowest BCUT2D eigenvalue weighted by atomic mass is 9.90. The summed E-state index contributed by atoms with van der Waals surface area (Å²) in [5, 5.41) is 13.2. The van der Waals surface area contributed by atoms with Crippen molar-refractivity contribution >= 4 is 22.7 Å². The van der Waals surface area contributed by atoms with Crippen molar-refractivity contribution in [1.82, 2.24) is 9.97 Å². The van der Waals surface area contributed by atoms with Crippen LogP contribution in [0, 0.1) is 5.41 Å². The first-order chi connectivity index (χ1) is 9.00. The minimum absolute atomic E-state index is 0.528. The highest BCUT2D eigenvalue weighted by molar-refractivity contribution is 5.88. The van der Waals surface area contributed by atoms with Crippen LogP contribution in [0.3, 0.4) is 0 Å². The van der Waals surface area contributed by atoms with Crippen LogP contribution in [0.15, 0.2) is 30.6 Å². The Morgan fingerprint density at radius 1 is 1.32 bits per heavy atom. The molecule has 0 saturated carbocycles. The number of hydrogen-bond acceptors (Lipinski definition) is 4. The lowest BCUT2D eigenvalue weighted by molar-refractivity contribution is -0.147. The van der Waals surface area contributed by atoms with E-state index in [0.717, 1.165) is 16.7 Å². The smallest absolute Gasteiger partial charge is 0.309 e. The van der Waals surface area contributed by atoms with Gasteiger partial charge in [0.15, 0.2) is 0 Å². The summed E-state index contributed by atoms with van der Waals surface area (Å²) in [4.78, 5) is 19.4. The fraction of sp³-hybridized carbons (Fsp3) is 0.357. The molecule has 0 amide bonds. The lowest BCUT2D eigenvalue weighted by Gasteiger charge is -2.19. The molecule has 1 aromatic carbocycles. The van der Waals surface area contributed by atoms with Gasteiger partial charge in [-0.3, -0.25) is 4.79 Å². The highest BCUT2D eigenvalue weighted by atomic mass is 16.4. The van der Waals surface area contributed by atoms with Crippen LogP contribution in [0.5, 0.6) is 0 Å². The zero-order valence-electron chi connectivity index (χ0n) is 11.1. The second kappa shape index (κ2) is 5.22. The molecule has 2 rings (SSSR count). The van der Waals surface area contributed by atoms with Crippen LogP contribution < -0.4 is 5.32 Å². The first-order valence-corrected chi connectivity index (χ1v) is 6.18. The van der Waals surface area contributed by atoms with Crippen molar-refractivity contribution in [2.75, 3.05) is 11.9 Å². The van der Waals surface area contributed by atoms with Gasteiger partial charge in [0.05, 0.1) is 10.9 Å². The first-order valence-electron chi connectivity index (χ1n) is 6.18. The molecule has 0 aliphatic carbocycles. The van der Waals surface area contributed by atoms with Crippen molar-refractivity contribution in [3.63, 3.8) is 0 Å². The van der Waals surface area contributed by atoms with E-state index < -0.39 is 11.4 Å². The van der Waals surface area contributed by atoms with Gasteiger partial charge in [0.1, 0.15) is 12.1 Å². The SMILES string of the molecule is CC(C)(CCNc1ncnc2ccccc12)C(=O)O. The van der Waals surface area contributed by atoms with Crippen molar-refractivity contribution in [1.29, 1.82) is 0 Å². The molecular formula is C14H17N3O2. The van der Waals surface area contributed by atoms with Crippen molar-refractivity contribution in [2.24, 2.45) is 5.41 Å². The van der Waals surface area contributed by atoms with Gasteiger partial charge in [-0.05, 0) is 32.4 Å². The second-order valence-electron chi connectivity index (χ2n) is 5.11. The number of hydrogen-bond donors (Lipinski definition) is 2. The molecule has 100 valence electrons. The van der Waals surface area contributed by atoms with E-state index in [9.17, 15) is 4.79 Å². The predicted octanol–water partition coefficient (Wildman–Crippen LogP) is 2.54. The minimum atomic E-state index is -0.790. The minimum Gasteiger partial charge on any atom is -0.481 e. The van der Waals surface area contributed by atoms with Crippen LogP contribution in [-0.2, 0) is 4.79 Å². The van der Waals surface area contributed by atoms with Gasteiger partial charge in [-0.15, -0.1) is 0 Å². The van der Waals surface area contributed by atoms with E-state index in [0.29, 0.717) is 13.0 Å². The van der Waals surface area contributed by atoms with Gasteiger partial charge in [-0.1, -0.05) is 12.1 Å². The number of aliphatic carboxylic acids is 1. The molecule has 19 heavy (non-hydrogen) atoms. The summed E-state index contributed by atoms with van der Waals surface area (Å²) in [6, 6.07) is 7.72.